The highest BCUT2D eigenvalue weighted by Crippen LogP contribution is 2.33. The minimum absolute atomic E-state index is 0.0709. The maximum absolute atomic E-state index is 12.8. The minimum atomic E-state index is -4.03. The van der Waals surface area contributed by atoms with Crippen LogP contribution in [0.1, 0.15) is 10.4 Å². The number of methoxy groups -OCH3 is 1. The van der Waals surface area contributed by atoms with E-state index in [4.69, 9.17) is 27.9 Å². The average molecular weight is 451 g/mol. The van der Waals surface area contributed by atoms with Gasteiger partial charge < -0.3 is 10.1 Å². The largest absolute Gasteiger partial charge is 0.495 e. The number of amides is 1. The normalized spacial score (nSPS) is 11.0. The number of benzene rings is 3. The summed E-state index contributed by atoms with van der Waals surface area (Å²) in [6, 6.07) is 17.3. The summed E-state index contributed by atoms with van der Waals surface area (Å²) in [5.41, 5.74) is 0.694. The number of hydrogen-bond acceptors (Lipinski definition) is 4. The predicted octanol–water partition coefficient (Wildman–Crippen LogP) is 5.06. The van der Waals surface area contributed by atoms with Gasteiger partial charge in [-0.05, 0) is 42.5 Å². The Morgan fingerprint density at radius 1 is 0.931 bits per heavy atom. The Labute approximate surface area is 178 Å². The van der Waals surface area contributed by atoms with E-state index in [2.05, 4.69) is 10.0 Å². The number of sulfonamides is 1. The number of anilines is 2. The van der Waals surface area contributed by atoms with Crippen molar-refractivity contribution in [2.45, 2.75) is 4.90 Å². The number of halogens is 2. The predicted molar refractivity (Wildman–Crippen MR) is 115 cm³/mol. The van der Waals surface area contributed by atoms with Crippen molar-refractivity contribution in [1.82, 2.24) is 0 Å². The fourth-order valence-corrected chi connectivity index (χ4v) is 4.26. The molecule has 0 radical (unpaired) electrons. The lowest BCUT2D eigenvalue weighted by Gasteiger charge is -2.14. The van der Waals surface area contributed by atoms with E-state index in [1.54, 1.807) is 36.4 Å². The third kappa shape index (κ3) is 4.82. The first kappa shape index (κ1) is 21.0. The summed E-state index contributed by atoms with van der Waals surface area (Å²) >= 11 is 12.1. The van der Waals surface area contributed by atoms with Gasteiger partial charge in [-0.15, -0.1) is 0 Å². The summed E-state index contributed by atoms with van der Waals surface area (Å²) in [5.74, 6) is -0.0930. The summed E-state index contributed by atoms with van der Waals surface area (Å²) in [5, 5.41) is 2.99. The summed E-state index contributed by atoms with van der Waals surface area (Å²) in [7, 11) is -2.61. The lowest BCUT2D eigenvalue weighted by atomic mass is 10.2. The lowest BCUT2D eigenvalue weighted by molar-refractivity contribution is 0.102. The lowest BCUT2D eigenvalue weighted by Crippen LogP contribution is -2.16. The Hall–Kier alpha value is -2.74. The SMILES string of the molecule is COc1ccc(S(=O)(=O)Nc2c(Cl)cccc2Cl)cc1NC(=O)c1ccccc1. The highest BCUT2D eigenvalue weighted by Gasteiger charge is 2.20. The van der Waals surface area contributed by atoms with Gasteiger partial charge in [0.2, 0.25) is 0 Å². The fourth-order valence-electron chi connectivity index (χ4n) is 2.52. The van der Waals surface area contributed by atoms with Crippen LogP contribution in [0.2, 0.25) is 10.0 Å². The number of carbonyl (C=O) groups is 1. The van der Waals surface area contributed by atoms with Gasteiger partial charge in [0.1, 0.15) is 5.75 Å². The van der Waals surface area contributed by atoms with E-state index >= 15 is 0 Å². The van der Waals surface area contributed by atoms with Gasteiger partial charge in [-0.1, -0.05) is 47.5 Å². The zero-order valence-electron chi connectivity index (χ0n) is 15.1. The molecule has 3 aromatic rings. The molecule has 9 heteroatoms. The topological polar surface area (TPSA) is 84.5 Å². The first-order valence-electron chi connectivity index (χ1n) is 8.33. The van der Waals surface area contributed by atoms with Crippen LogP contribution in [-0.2, 0) is 10.0 Å². The summed E-state index contributed by atoms with van der Waals surface area (Å²) in [6.45, 7) is 0. The van der Waals surface area contributed by atoms with Gasteiger partial charge in [0.25, 0.3) is 15.9 Å². The zero-order chi connectivity index (χ0) is 21.0. The van der Waals surface area contributed by atoms with E-state index < -0.39 is 15.9 Å². The molecule has 1 amide bonds. The molecule has 0 atom stereocenters. The van der Waals surface area contributed by atoms with E-state index in [-0.39, 0.29) is 26.3 Å². The minimum Gasteiger partial charge on any atom is -0.495 e. The van der Waals surface area contributed by atoms with Gasteiger partial charge in [-0.25, -0.2) is 8.42 Å². The van der Waals surface area contributed by atoms with Crippen LogP contribution in [0.5, 0.6) is 5.75 Å². The molecule has 3 aromatic carbocycles. The molecule has 6 nitrogen and oxygen atoms in total. The molecule has 3 rings (SSSR count). The summed E-state index contributed by atoms with van der Waals surface area (Å²) < 4.78 is 33.3. The van der Waals surface area contributed by atoms with Crippen molar-refractivity contribution < 1.29 is 17.9 Å². The molecule has 0 saturated heterocycles. The second-order valence-electron chi connectivity index (χ2n) is 5.88. The Morgan fingerprint density at radius 3 is 2.21 bits per heavy atom. The van der Waals surface area contributed by atoms with E-state index in [0.717, 1.165) is 0 Å². The van der Waals surface area contributed by atoms with Crippen LogP contribution in [0, 0.1) is 0 Å². The quantitative estimate of drug-likeness (QED) is 0.549. The molecule has 0 bridgehead atoms. The van der Waals surface area contributed by atoms with Crippen molar-refractivity contribution in [2.75, 3.05) is 17.1 Å². The molecule has 0 spiro atoms. The van der Waals surface area contributed by atoms with Gasteiger partial charge in [0, 0.05) is 5.56 Å². The van der Waals surface area contributed by atoms with Gasteiger partial charge in [-0.3, -0.25) is 9.52 Å². The summed E-state index contributed by atoms with van der Waals surface area (Å²) in [4.78, 5) is 12.4. The molecular formula is C20H16Cl2N2O4S. The van der Waals surface area contributed by atoms with Crippen LogP contribution in [0.3, 0.4) is 0 Å². The number of nitrogens with one attached hydrogen (secondary N) is 2. The highest BCUT2D eigenvalue weighted by atomic mass is 35.5. The van der Waals surface area contributed by atoms with E-state index in [1.165, 1.54) is 37.4 Å². The van der Waals surface area contributed by atoms with Gasteiger partial charge in [0.05, 0.1) is 33.4 Å². The van der Waals surface area contributed by atoms with Gasteiger partial charge >= 0.3 is 0 Å². The zero-order valence-corrected chi connectivity index (χ0v) is 17.5. The second kappa shape index (κ2) is 8.73. The Kier molecular flexibility index (Phi) is 6.32. The number of para-hydroxylation sites is 1. The van der Waals surface area contributed by atoms with Crippen LogP contribution in [0.15, 0.2) is 71.6 Å². The maximum atomic E-state index is 12.8. The van der Waals surface area contributed by atoms with Crippen LogP contribution < -0.4 is 14.8 Å². The van der Waals surface area contributed by atoms with Gasteiger partial charge in [-0.2, -0.15) is 0 Å². The number of hydrogen-bond donors (Lipinski definition) is 2. The van der Waals surface area contributed by atoms with Crippen LogP contribution >= 0.6 is 23.2 Å². The van der Waals surface area contributed by atoms with Crippen molar-refractivity contribution in [2.24, 2.45) is 0 Å². The standard InChI is InChI=1S/C20H16Cl2N2O4S/c1-28-18-11-10-14(12-17(18)23-20(25)13-6-3-2-4-7-13)29(26,27)24-19-15(21)8-5-9-16(19)22/h2-12,24H,1H3,(H,23,25). The van der Waals surface area contributed by atoms with E-state index in [1.807, 2.05) is 0 Å². The van der Waals surface area contributed by atoms with Crippen molar-refractivity contribution in [1.29, 1.82) is 0 Å². The van der Waals surface area contributed by atoms with Crippen LogP contribution in [-0.4, -0.2) is 21.4 Å². The first-order valence-corrected chi connectivity index (χ1v) is 10.6. The Morgan fingerprint density at radius 2 is 1.59 bits per heavy atom. The molecule has 0 fully saturated rings. The fraction of sp³-hybridized carbons (Fsp3) is 0.0500. The van der Waals surface area contributed by atoms with Crippen LogP contribution in [0.25, 0.3) is 0 Å². The van der Waals surface area contributed by atoms with Crippen molar-refractivity contribution in [3.8, 4) is 5.75 Å². The Balaban J connectivity index is 1.94. The van der Waals surface area contributed by atoms with E-state index in [9.17, 15) is 13.2 Å². The van der Waals surface area contributed by atoms with Crippen molar-refractivity contribution in [3.63, 3.8) is 0 Å². The molecule has 0 heterocycles. The molecular weight excluding hydrogens is 435 g/mol. The highest BCUT2D eigenvalue weighted by molar-refractivity contribution is 7.92. The number of carbonyl (C=O) groups excluding carboxylic acids is 1. The molecule has 29 heavy (non-hydrogen) atoms. The molecule has 0 aliphatic rings. The van der Waals surface area contributed by atoms with Crippen LogP contribution in [0.4, 0.5) is 11.4 Å². The molecule has 0 aliphatic carbocycles. The molecule has 150 valence electrons. The molecule has 2 N–H and O–H groups in total. The monoisotopic (exact) mass is 450 g/mol. The smallest absolute Gasteiger partial charge is 0.262 e. The third-order valence-electron chi connectivity index (χ3n) is 3.96. The molecule has 0 aromatic heterocycles. The average Bonchev–Trinajstić information content (AvgIpc) is 2.71. The number of ether oxygens (including phenoxy) is 1. The number of rotatable bonds is 6. The van der Waals surface area contributed by atoms with Crippen molar-refractivity contribution in [3.05, 3.63) is 82.3 Å². The third-order valence-corrected chi connectivity index (χ3v) is 5.94. The second-order valence-corrected chi connectivity index (χ2v) is 8.38. The van der Waals surface area contributed by atoms with Crippen molar-refractivity contribution >= 4 is 50.5 Å². The first-order chi connectivity index (χ1) is 13.8. The Bertz CT molecular complexity index is 1130. The maximum Gasteiger partial charge on any atom is 0.262 e. The van der Waals surface area contributed by atoms with E-state index in [0.29, 0.717) is 11.3 Å². The van der Waals surface area contributed by atoms with Gasteiger partial charge in [0.15, 0.2) is 0 Å². The molecule has 0 saturated carbocycles. The summed E-state index contributed by atoms with van der Waals surface area (Å²) in [6.07, 6.45) is 0. The molecule has 0 unspecified atom stereocenters. The molecule has 0 aliphatic heterocycles.